The second kappa shape index (κ2) is 8.40. The lowest BCUT2D eigenvalue weighted by atomic mass is 10.1. The van der Waals surface area contributed by atoms with Crippen LogP contribution in [0, 0.1) is 0 Å². The van der Waals surface area contributed by atoms with Gasteiger partial charge in [-0.25, -0.2) is 4.98 Å². The number of carbonyl (C=O) groups excluding carboxylic acids is 1. The van der Waals surface area contributed by atoms with Gasteiger partial charge in [0.1, 0.15) is 4.88 Å². The molecule has 1 saturated heterocycles. The summed E-state index contributed by atoms with van der Waals surface area (Å²) in [5.41, 5.74) is 2.48. The number of nitrogens with zero attached hydrogens (tertiary/aromatic N) is 2. The predicted molar refractivity (Wildman–Crippen MR) is 98.2 cm³/mol. The molecule has 1 aliphatic heterocycles. The topological polar surface area (TPSA) is 45.2 Å². The van der Waals surface area contributed by atoms with E-state index in [0.717, 1.165) is 23.5 Å². The highest BCUT2D eigenvalue weighted by Gasteiger charge is 2.11. The van der Waals surface area contributed by atoms with Crippen LogP contribution >= 0.6 is 11.3 Å². The Labute approximate surface area is 147 Å². The normalized spacial score (nSPS) is 15.4. The van der Waals surface area contributed by atoms with E-state index in [1.54, 1.807) is 6.20 Å². The summed E-state index contributed by atoms with van der Waals surface area (Å²) < 4.78 is 0. The zero-order valence-corrected chi connectivity index (χ0v) is 15.1. The maximum absolute atomic E-state index is 12.1. The molecule has 0 spiro atoms. The summed E-state index contributed by atoms with van der Waals surface area (Å²) in [6.45, 7) is 6.07. The highest BCUT2D eigenvalue weighted by atomic mass is 32.1. The Bertz CT molecular complexity index is 660. The Morgan fingerprint density at radius 1 is 1.17 bits per heavy atom. The molecular formula is C19H25N3OS. The predicted octanol–water partition coefficient (Wildman–Crippen LogP) is 3.62. The minimum absolute atomic E-state index is 0.0374. The first-order valence-corrected chi connectivity index (χ1v) is 9.59. The Kier molecular flexibility index (Phi) is 5.99. The van der Waals surface area contributed by atoms with Crippen molar-refractivity contribution in [2.75, 3.05) is 13.1 Å². The summed E-state index contributed by atoms with van der Waals surface area (Å²) in [7, 11) is 0. The average molecular weight is 343 g/mol. The molecule has 0 radical (unpaired) electrons. The minimum Gasteiger partial charge on any atom is -0.347 e. The first-order chi connectivity index (χ1) is 11.7. The Balaban J connectivity index is 1.49. The number of aryl methyl sites for hydroxylation is 1. The molecule has 0 unspecified atom stereocenters. The standard InChI is InChI=1S/C19H25N3OS/c1-2-18-20-13-17(24-18)19(23)21-12-15-6-8-16(9-7-15)14-22-10-4-3-5-11-22/h6-9,13H,2-5,10-12,14H2,1H3,(H,21,23). The fourth-order valence-corrected chi connectivity index (χ4v) is 3.76. The molecule has 1 aromatic heterocycles. The Morgan fingerprint density at radius 2 is 1.88 bits per heavy atom. The Morgan fingerprint density at radius 3 is 2.54 bits per heavy atom. The number of hydrogen-bond acceptors (Lipinski definition) is 4. The van der Waals surface area contributed by atoms with Crippen molar-refractivity contribution in [3.05, 3.63) is 51.5 Å². The molecule has 0 atom stereocenters. The van der Waals surface area contributed by atoms with Gasteiger partial charge in [-0.15, -0.1) is 11.3 Å². The SMILES string of the molecule is CCc1ncc(C(=O)NCc2ccc(CN3CCCCC3)cc2)s1. The van der Waals surface area contributed by atoms with Crippen molar-refractivity contribution in [2.45, 2.75) is 45.7 Å². The van der Waals surface area contributed by atoms with Crippen molar-refractivity contribution in [1.29, 1.82) is 0 Å². The van der Waals surface area contributed by atoms with Gasteiger partial charge in [-0.05, 0) is 43.5 Å². The maximum Gasteiger partial charge on any atom is 0.263 e. The Hall–Kier alpha value is -1.72. The van der Waals surface area contributed by atoms with Gasteiger partial charge < -0.3 is 5.32 Å². The lowest BCUT2D eigenvalue weighted by molar-refractivity contribution is 0.0955. The molecule has 0 saturated carbocycles. The molecule has 3 rings (SSSR count). The number of rotatable bonds is 6. The smallest absolute Gasteiger partial charge is 0.263 e. The van der Waals surface area contributed by atoms with Crippen LogP contribution < -0.4 is 5.32 Å². The van der Waals surface area contributed by atoms with E-state index in [-0.39, 0.29) is 5.91 Å². The van der Waals surface area contributed by atoms with Gasteiger partial charge in [0.05, 0.1) is 11.2 Å². The van der Waals surface area contributed by atoms with E-state index in [4.69, 9.17) is 0 Å². The first kappa shape index (κ1) is 17.1. The number of amides is 1. The molecule has 1 N–H and O–H groups in total. The summed E-state index contributed by atoms with van der Waals surface area (Å²) in [5, 5.41) is 3.98. The number of carbonyl (C=O) groups is 1. The van der Waals surface area contributed by atoms with Gasteiger partial charge in [0, 0.05) is 13.1 Å². The molecular weight excluding hydrogens is 318 g/mol. The zero-order chi connectivity index (χ0) is 16.8. The molecule has 1 amide bonds. The maximum atomic E-state index is 12.1. The minimum atomic E-state index is -0.0374. The van der Waals surface area contributed by atoms with Crippen molar-refractivity contribution in [3.8, 4) is 0 Å². The molecule has 1 aromatic carbocycles. The van der Waals surface area contributed by atoms with Crippen LogP contribution in [0.5, 0.6) is 0 Å². The van der Waals surface area contributed by atoms with Crippen LogP contribution in [0.2, 0.25) is 0 Å². The second-order valence-electron chi connectivity index (χ2n) is 6.31. The van der Waals surface area contributed by atoms with Crippen LogP contribution in [0.3, 0.4) is 0 Å². The second-order valence-corrected chi connectivity index (χ2v) is 7.42. The molecule has 5 heteroatoms. The number of piperidine rings is 1. The summed E-state index contributed by atoms with van der Waals surface area (Å²) in [6.07, 6.45) is 6.55. The number of aromatic nitrogens is 1. The monoisotopic (exact) mass is 343 g/mol. The van der Waals surface area contributed by atoms with E-state index in [9.17, 15) is 4.79 Å². The van der Waals surface area contributed by atoms with Crippen molar-refractivity contribution in [1.82, 2.24) is 15.2 Å². The fourth-order valence-electron chi connectivity index (χ4n) is 2.99. The van der Waals surface area contributed by atoms with Crippen LogP contribution in [0.25, 0.3) is 0 Å². The number of nitrogens with one attached hydrogen (secondary N) is 1. The van der Waals surface area contributed by atoms with Crippen LogP contribution in [-0.2, 0) is 19.5 Å². The van der Waals surface area contributed by atoms with Gasteiger partial charge in [-0.1, -0.05) is 37.6 Å². The fraction of sp³-hybridized carbons (Fsp3) is 0.474. The highest BCUT2D eigenvalue weighted by Crippen LogP contribution is 2.15. The number of likely N-dealkylation sites (tertiary alicyclic amines) is 1. The van der Waals surface area contributed by atoms with E-state index < -0.39 is 0 Å². The van der Waals surface area contributed by atoms with Crippen LogP contribution in [0.15, 0.2) is 30.5 Å². The van der Waals surface area contributed by atoms with Crippen LogP contribution in [-0.4, -0.2) is 28.9 Å². The summed E-state index contributed by atoms with van der Waals surface area (Å²) in [5.74, 6) is -0.0374. The van der Waals surface area contributed by atoms with Crippen molar-refractivity contribution < 1.29 is 4.79 Å². The van der Waals surface area contributed by atoms with E-state index >= 15 is 0 Å². The molecule has 24 heavy (non-hydrogen) atoms. The number of thiazole rings is 1. The van der Waals surface area contributed by atoms with Gasteiger partial charge >= 0.3 is 0 Å². The molecule has 0 bridgehead atoms. The quantitative estimate of drug-likeness (QED) is 0.871. The molecule has 128 valence electrons. The van der Waals surface area contributed by atoms with Crippen molar-refractivity contribution in [3.63, 3.8) is 0 Å². The van der Waals surface area contributed by atoms with E-state index in [2.05, 4.69) is 39.5 Å². The van der Waals surface area contributed by atoms with Crippen molar-refractivity contribution >= 4 is 17.2 Å². The van der Waals surface area contributed by atoms with Gasteiger partial charge in [0.2, 0.25) is 0 Å². The zero-order valence-electron chi connectivity index (χ0n) is 14.3. The van der Waals surface area contributed by atoms with Crippen molar-refractivity contribution in [2.24, 2.45) is 0 Å². The van der Waals surface area contributed by atoms with E-state index in [1.807, 2.05) is 6.92 Å². The lowest BCUT2D eigenvalue weighted by Crippen LogP contribution is -2.29. The van der Waals surface area contributed by atoms with E-state index in [1.165, 1.54) is 49.3 Å². The summed E-state index contributed by atoms with van der Waals surface area (Å²) >= 11 is 1.47. The number of benzene rings is 1. The van der Waals surface area contributed by atoms with E-state index in [0.29, 0.717) is 11.4 Å². The molecule has 1 fully saturated rings. The molecule has 2 heterocycles. The molecule has 4 nitrogen and oxygen atoms in total. The van der Waals surface area contributed by atoms with Crippen LogP contribution in [0.1, 0.15) is 52.0 Å². The molecule has 1 aliphatic rings. The lowest BCUT2D eigenvalue weighted by Gasteiger charge is -2.26. The summed E-state index contributed by atoms with van der Waals surface area (Å²) in [4.78, 5) is 19.6. The largest absolute Gasteiger partial charge is 0.347 e. The van der Waals surface area contributed by atoms with Gasteiger partial charge in [0.25, 0.3) is 5.91 Å². The summed E-state index contributed by atoms with van der Waals surface area (Å²) in [6, 6.07) is 8.59. The highest BCUT2D eigenvalue weighted by molar-refractivity contribution is 7.13. The average Bonchev–Trinajstić information content (AvgIpc) is 3.11. The third-order valence-electron chi connectivity index (χ3n) is 4.41. The van der Waals surface area contributed by atoms with Crippen LogP contribution in [0.4, 0.5) is 0 Å². The van der Waals surface area contributed by atoms with Gasteiger partial charge in [0.15, 0.2) is 0 Å². The first-order valence-electron chi connectivity index (χ1n) is 8.77. The third kappa shape index (κ3) is 4.65. The molecule has 0 aliphatic carbocycles. The number of hydrogen-bond donors (Lipinski definition) is 1. The third-order valence-corrected chi connectivity index (χ3v) is 5.55. The van der Waals surface area contributed by atoms with Gasteiger partial charge in [-0.3, -0.25) is 9.69 Å². The molecule has 2 aromatic rings. The van der Waals surface area contributed by atoms with Gasteiger partial charge in [-0.2, -0.15) is 0 Å².